The van der Waals surface area contributed by atoms with Gasteiger partial charge in [0.2, 0.25) is 0 Å². The summed E-state index contributed by atoms with van der Waals surface area (Å²) < 4.78 is 16.6. The highest BCUT2D eigenvalue weighted by atomic mass is 16.6. The lowest BCUT2D eigenvalue weighted by molar-refractivity contribution is -0.166. The fourth-order valence-electron chi connectivity index (χ4n) is 6.38. The summed E-state index contributed by atoms with van der Waals surface area (Å²) in [5.74, 6) is -1.18. The van der Waals surface area contributed by atoms with Gasteiger partial charge in [-0.25, -0.2) is 0 Å². The molecule has 0 N–H and O–H groups in total. The minimum absolute atomic E-state index is 0.163. The van der Waals surface area contributed by atoms with Crippen molar-refractivity contribution in [3.05, 3.63) is 182 Å². The quantitative estimate of drug-likeness (QED) is 0.0262. The van der Waals surface area contributed by atoms with Gasteiger partial charge >= 0.3 is 17.9 Å². The van der Waals surface area contributed by atoms with Crippen molar-refractivity contribution < 1.29 is 28.6 Å². The Balaban J connectivity index is 4.72. The molecular weight excluding hydrogens is 877 g/mol. The number of hydrogen-bond acceptors (Lipinski definition) is 6. The zero-order chi connectivity index (χ0) is 51.4. The molecule has 0 bridgehead atoms. The van der Waals surface area contributed by atoms with Gasteiger partial charge in [0.05, 0.1) is 0 Å². The van der Waals surface area contributed by atoms with Crippen LogP contribution in [0.3, 0.4) is 0 Å². The third-order valence-electron chi connectivity index (χ3n) is 10.4. The summed E-state index contributed by atoms with van der Waals surface area (Å²) >= 11 is 0. The maximum Gasteiger partial charge on any atom is 0.306 e. The molecule has 0 aromatic carbocycles. The highest BCUT2D eigenvalue weighted by Gasteiger charge is 2.19. The number of allylic oxidation sites excluding steroid dienone is 30. The number of hydrogen-bond donors (Lipinski definition) is 0. The van der Waals surface area contributed by atoms with E-state index in [9.17, 15) is 14.4 Å². The average molecular weight is 973 g/mol. The van der Waals surface area contributed by atoms with Crippen LogP contribution in [0.2, 0.25) is 0 Å². The molecule has 0 fully saturated rings. The van der Waals surface area contributed by atoms with E-state index >= 15 is 0 Å². The molecule has 0 aliphatic carbocycles. The minimum Gasteiger partial charge on any atom is -0.462 e. The van der Waals surface area contributed by atoms with E-state index in [4.69, 9.17) is 14.2 Å². The van der Waals surface area contributed by atoms with Crippen LogP contribution in [0.1, 0.15) is 188 Å². The largest absolute Gasteiger partial charge is 0.462 e. The van der Waals surface area contributed by atoms with E-state index in [1.165, 1.54) is 25.7 Å². The van der Waals surface area contributed by atoms with E-state index in [0.29, 0.717) is 19.3 Å². The molecule has 6 nitrogen and oxygen atoms in total. The van der Waals surface area contributed by atoms with Gasteiger partial charge in [-0.3, -0.25) is 14.4 Å². The van der Waals surface area contributed by atoms with Crippen molar-refractivity contribution in [2.45, 2.75) is 194 Å². The Morgan fingerprint density at radius 2 is 0.563 bits per heavy atom. The Morgan fingerprint density at radius 1 is 0.296 bits per heavy atom. The summed E-state index contributed by atoms with van der Waals surface area (Å²) in [4.78, 5) is 38.0. The van der Waals surface area contributed by atoms with Crippen LogP contribution in [0.5, 0.6) is 0 Å². The van der Waals surface area contributed by atoms with Gasteiger partial charge in [0.15, 0.2) is 6.10 Å². The third-order valence-corrected chi connectivity index (χ3v) is 10.4. The van der Waals surface area contributed by atoms with Crippen LogP contribution in [-0.4, -0.2) is 37.2 Å². The predicted molar refractivity (Wildman–Crippen MR) is 306 cm³/mol. The van der Waals surface area contributed by atoms with Gasteiger partial charge < -0.3 is 14.2 Å². The number of ether oxygens (including phenoxy) is 3. The molecule has 71 heavy (non-hydrogen) atoms. The molecule has 0 saturated carbocycles. The lowest BCUT2D eigenvalue weighted by Gasteiger charge is -2.18. The van der Waals surface area contributed by atoms with Crippen LogP contribution >= 0.6 is 0 Å². The van der Waals surface area contributed by atoms with Crippen molar-refractivity contribution in [3.63, 3.8) is 0 Å². The maximum atomic E-state index is 12.8. The second-order valence-electron chi connectivity index (χ2n) is 17.0. The minimum atomic E-state index is -0.872. The molecule has 392 valence electrons. The van der Waals surface area contributed by atoms with E-state index < -0.39 is 18.0 Å². The molecule has 0 aromatic heterocycles. The second kappa shape index (κ2) is 57.1. The number of rotatable bonds is 46. The van der Waals surface area contributed by atoms with E-state index in [1.54, 1.807) is 0 Å². The summed E-state index contributed by atoms with van der Waals surface area (Å²) in [5.41, 5.74) is 0. The van der Waals surface area contributed by atoms with Gasteiger partial charge in [0.25, 0.3) is 0 Å². The number of carbonyl (C=O) groups is 3. The Hall–Kier alpha value is -5.49. The monoisotopic (exact) mass is 973 g/mol. The van der Waals surface area contributed by atoms with Crippen molar-refractivity contribution in [1.29, 1.82) is 0 Å². The van der Waals surface area contributed by atoms with Crippen LogP contribution in [0, 0.1) is 0 Å². The summed E-state index contributed by atoms with van der Waals surface area (Å²) in [6.07, 6.45) is 86.1. The summed E-state index contributed by atoms with van der Waals surface area (Å²) in [7, 11) is 0. The second-order valence-corrected chi connectivity index (χ2v) is 17.0. The Bertz CT molecular complexity index is 1730. The Morgan fingerprint density at radius 3 is 0.887 bits per heavy atom. The molecule has 0 radical (unpaired) electrons. The van der Waals surface area contributed by atoms with Crippen LogP contribution < -0.4 is 0 Å². The number of carbonyl (C=O) groups excluding carboxylic acids is 3. The first kappa shape index (κ1) is 65.5. The topological polar surface area (TPSA) is 78.9 Å². The number of esters is 3. The molecular formula is C65H96O6. The van der Waals surface area contributed by atoms with Gasteiger partial charge in [0, 0.05) is 19.3 Å². The van der Waals surface area contributed by atoms with Gasteiger partial charge in [-0.05, 0) is 135 Å². The van der Waals surface area contributed by atoms with E-state index in [1.807, 2.05) is 12.2 Å². The zero-order valence-corrected chi connectivity index (χ0v) is 44.6. The zero-order valence-electron chi connectivity index (χ0n) is 44.6. The molecule has 0 amide bonds. The average Bonchev–Trinajstić information content (AvgIpc) is 3.37. The summed E-state index contributed by atoms with van der Waals surface area (Å²) in [6.45, 7) is 6.19. The Labute approximate surface area is 434 Å². The molecule has 0 saturated heterocycles. The number of unbranched alkanes of at least 4 members (excludes halogenated alkanes) is 5. The van der Waals surface area contributed by atoms with Crippen molar-refractivity contribution >= 4 is 17.9 Å². The molecule has 0 heterocycles. The predicted octanol–water partition coefficient (Wildman–Crippen LogP) is 18.5. The summed E-state index contributed by atoms with van der Waals surface area (Å²) in [6, 6.07) is 0. The molecule has 0 spiro atoms. The third kappa shape index (κ3) is 55.3. The fraction of sp³-hybridized carbons (Fsp3) is 0.492. The standard InChI is InChI=1S/C65H96O6/c1-4-7-10-13-16-19-22-25-28-31-32-35-37-40-43-46-49-52-55-58-64(67)70-61-62(71-65(68)59-56-53-50-47-44-41-38-34-30-27-24-21-18-15-12-9-6-3)60-69-63(66)57-54-51-48-45-42-39-36-33-29-26-23-20-17-14-11-8-5-2/h8-9,11-12,16-21,25-30,32,35-36,38-41,43,45,47-50,52,62H,4-7,10,13-15,22-24,31,33-34,37,42,44,46,51,53-61H2,1-3H3/b11-8-,12-9-,19-16-,20-17-,21-18-,28-25-,29-26-,30-27-,35-32-,39-36-,41-38-,43-40-,48-45-,50-47-,52-49-/t62-/m1/s1. The first-order valence-corrected chi connectivity index (χ1v) is 27.3. The summed E-state index contributed by atoms with van der Waals surface area (Å²) in [5, 5.41) is 0. The first-order valence-electron chi connectivity index (χ1n) is 27.3. The van der Waals surface area contributed by atoms with Crippen LogP contribution in [0.4, 0.5) is 0 Å². The van der Waals surface area contributed by atoms with Gasteiger partial charge in [-0.1, -0.05) is 216 Å². The van der Waals surface area contributed by atoms with Crippen LogP contribution in [0.15, 0.2) is 182 Å². The molecule has 0 aliphatic heterocycles. The van der Waals surface area contributed by atoms with Gasteiger partial charge in [-0.15, -0.1) is 0 Å². The molecule has 0 aliphatic rings. The Kier molecular flexibility index (Phi) is 52.7. The van der Waals surface area contributed by atoms with Crippen molar-refractivity contribution in [2.24, 2.45) is 0 Å². The van der Waals surface area contributed by atoms with Crippen molar-refractivity contribution in [2.75, 3.05) is 13.2 Å². The maximum absolute atomic E-state index is 12.8. The van der Waals surface area contributed by atoms with E-state index in [-0.39, 0.29) is 38.4 Å². The molecule has 6 heteroatoms. The smallest absolute Gasteiger partial charge is 0.306 e. The fourth-order valence-corrected chi connectivity index (χ4v) is 6.38. The highest BCUT2D eigenvalue weighted by molar-refractivity contribution is 5.71. The van der Waals surface area contributed by atoms with Gasteiger partial charge in [-0.2, -0.15) is 0 Å². The van der Waals surface area contributed by atoms with Crippen molar-refractivity contribution in [3.8, 4) is 0 Å². The SMILES string of the molecule is CC/C=C\C/C=C\C/C=C\C/C=C\C/C=C\CCCC(=O)OC[C@H](COC(=O)CC/C=C\C/C=C\C/C=C\C/C=C\C/C=C\CCCCC)OC(=O)CCC/C=C\C/C=C\C/C=C\C/C=C\C/C=C\CC. The molecule has 0 aromatic rings. The van der Waals surface area contributed by atoms with E-state index in [0.717, 1.165) is 103 Å². The lowest BCUT2D eigenvalue weighted by Crippen LogP contribution is -2.30. The first-order chi connectivity index (χ1) is 35.0. The normalized spacial score (nSPS) is 13.6. The van der Waals surface area contributed by atoms with E-state index in [2.05, 4.69) is 191 Å². The highest BCUT2D eigenvalue weighted by Crippen LogP contribution is 2.08. The van der Waals surface area contributed by atoms with Crippen LogP contribution in [0.25, 0.3) is 0 Å². The lowest BCUT2D eigenvalue weighted by atomic mass is 10.2. The van der Waals surface area contributed by atoms with Crippen LogP contribution in [-0.2, 0) is 28.6 Å². The van der Waals surface area contributed by atoms with Gasteiger partial charge in [0.1, 0.15) is 13.2 Å². The molecule has 0 rings (SSSR count). The van der Waals surface area contributed by atoms with Crippen molar-refractivity contribution in [1.82, 2.24) is 0 Å². The molecule has 1 atom stereocenters. The molecule has 0 unspecified atom stereocenters.